The smallest absolute Gasteiger partial charge is 0.335 e. The van der Waals surface area contributed by atoms with Crippen LogP contribution in [0.25, 0.3) is 0 Å². The molecule has 0 fully saturated rings. The molecule has 0 radical (unpaired) electrons. The van der Waals surface area contributed by atoms with Crippen molar-refractivity contribution < 1.29 is 33.3 Å². The number of aromatic carboxylic acids is 1. The first kappa shape index (κ1) is 21.2. The van der Waals surface area contributed by atoms with Crippen molar-refractivity contribution in [1.29, 1.82) is 0 Å². The molecule has 2 N–H and O–H groups in total. The highest BCUT2D eigenvalue weighted by Gasteiger charge is 2.18. The summed E-state index contributed by atoms with van der Waals surface area (Å²) < 4.78 is 29.9. The summed E-state index contributed by atoms with van der Waals surface area (Å²) in [6.45, 7) is 2.54. The number of methoxy groups -OCH3 is 2. The Morgan fingerprint density at radius 2 is 1.86 bits per heavy atom. The number of rotatable bonds is 9. The van der Waals surface area contributed by atoms with Crippen molar-refractivity contribution in [3.63, 3.8) is 0 Å². The second-order valence-corrected chi connectivity index (χ2v) is 5.95. The van der Waals surface area contributed by atoms with Crippen molar-refractivity contribution in [2.45, 2.75) is 13.0 Å². The standard InChI is InChI=1S/C20H22FNO6/c1-12(13-5-7-17(18(11-13)27-3)28-9-8-26-2)22-19(23)15-6-4-14(20(24)25)10-16(15)21/h4-7,10-12H,8-9H2,1-3H3,(H,22,23)(H,24,25). The van der Waals surface area contributed by atoms with E-state index in [2.05, 4.69) is 5.32 Å². The second-order valence-electron chi connectivity index (χ2n) is 5.95. The minimum absolute atomic E-state index is 0.226. The molecular formula is C20H22FNO6. The van der Waals surface area contributed by atoms with Crippen LogP contribution < -0.4 is 14.8 Å². The Morgan fingerprint density at radius 1 is 1.11 bits per heavy atom. The van der Waals surface area contributed by atoms with Crippen molar-refractivity contribution in [2.75, 3.05) is 27.4 Å². The van der Waals surface area contributed by atoms with Gasteiger partial charge in [0.1, 0.15) is 12.4 Å². The van der Waals surface area contributed by atoms with Crippen molar-refractivity contribution in [3.05, 3.63) is 58.9 Å². The predicted molar refractivity (Wildman–Crippen MR) is 99.6 cm³/mol. The molecule has 0 aliphatic rings. The number of ether oxygens (including phenoxy) is 3. The molecule has 0 aromatic heterocycles. The maximum Gasteiger partial charge on any atom is 0.335 e. The Balaban J connectivity index is 2.12. The molecule has 0 heterocycles. The van der Waals surface area contributed by atoms with Crippen molar-refractivity contribution in [1.82, 2.24) is 5.32 Å². The maximum absolute atomic E-state index is 14.1. The molecule has 150 valence electrons. The van der Waals surface area contributed by atoms with E-state index < -0.39 is 23.7 Å². The van der Waals surface area contributed by atoms with Gasteiger partial charge in [0, 0.05) is 7.11 Å². The first-order chi connectivity index (χ1) is 13.4. The van der Waals surface area contributed by atoms with E-state index in [0.29, 0.717) is 24.7 Å². The van der Waals surface area contributed by atoms with Gasteiger partial charge in [-0.3, -0.25) is 4.79 Å². The molecule has 7 nitrogen and oxygen atoms in total. The lowest BCUT2D eigenvalue weighted by atomic mass is 10.1. The van der Waals surface area contributed by atoms with Crippen molar-refractivity contribution in [3.8, 4) is 11.5 Å². The summed E-state index contributed by atoms with van der Waals surface area (Å²) in [6.07, 6.45) is 0. The number of amides is 1. The molecule has 1 atom stereocenters. The normalized spacial score (nSPS) is 11.6. The summed E-state index contributed by atoms with van der Waals surface area (Å²) in [5, 5.41) is 11.6. The highest BCUT2D eigenvalue weighted by atomic mass is 19.1. The Bertz CT molecular complexity index is 855. The molecular weight excluding hydrogens is 369 g/mol. The Kier molecular flexibility index (Phi) is 7.34. The number of carbonyl (C=O) groups excluding carboxylic acids is 1. The zero-order valence-corrected chi connectivity index (χ0v) is 15.8. The largest absolute Gasteiger partial charge is 0.493 e. The zero-order valence-electron chi connectivity index (χ0n) is 15.8. The number of carbonyl (C=O) groups is 2. The first-order valence-electron chi connectivity index (χ1n) is 8.50. The van der Waals surface area contributed by atoms with Crippen molar-refractivity contribution in [2.24, 2.45) is 0 Å². The van der Waals surface area contributed by atoms with Crippen LogP contribution in [0.15, 0.2) is 36.4 Å². The van der Waals surface area contributed by atoms with E-state index in [9.17, 15) is 14.0 Å². The number of hydrogen-bond donors (Lipinski definition) is 2. The van der Waals surface area contributed by atoms with Gasteiger partial charge in [0.2, 0.25) is 0 Å². The first-order valence-corrected chi connectivity index (χ1v) is 8.50. The minimum Gasteiger partial charge on any atom is -0.493 e. The monoisotopic (exact) mass is 391 g/mol. The van der Waals surface area contributed by atoms with Crippen LogP contribution >= 0.6 is 0 Å². The molecule has 1 amide bonds. The van der Waals surface area contributed by atoms with Crippen LogP contribution in [0, 0.1) is 5.82 Å². The fraction of sp³-hybridized carbons (Fsp3) is 0.300. The van der Waals surface area contributed by atoms with Crippen molar-refractivity contribution >= 4 is 11.9 Å². The Labute approximate surface area is 162 Å². The summed E-state index contributed by atoms with van der Waals surface area (Å²) in [4.78, 5) is 23.2. The fourth-order valence-electron chi connectivity index (χ4n) is 2.50. The molecule has 0 saturated carbocycles. The number of carboxylic acids is 1. The molecule has 2 aromatic carbocycles. The van der Waals surface area contributed by atoms with Crippen LogP contribution in [0.1, 0.15) is 39.2 Å². The molecule has 2 aromatic rings. The average molecular weight is 391 g/mol. The third kappa shape index (κ3) is 5.20. The number of carboxylic acid groups (broad SMARTS) is 1. The SMILES string of the molecule is COCCOc1ccc(C(C)NC(=O)c2ccc(C(=O)O)cc2F)cc1OC. The van der Waals surface area contributed by atoms with E-state index in [-0.39, 0.29) is 11.1 Å². The molecule has 0 bridgehead atoms. The summed E-state index contributed by atoms with van der Waals surface area (Å²) in [7, 11) is 3.08. The van der Waals surface area contributed by atoms with Crippen LogP contribution in [0.3, 0.4) is 0 Å². The number of benzene rings is 2. The van der Waals surface area contributed by atoms with Gasteiger partial charge in [-0.2, -0.15) is 0 Å². The average Bonchev–Trinajstić information content (AvgIpc) is 2.67. The quantitative estimate of drug-likeness (QED) is 0.638. The van der Waals surface area contributed by atoms with Gasteiger partial charge in [0.05, 0.1) is 30.9 Å². The molecule has 8 heteroatoms. The van der Waals surface area contributed by atoms with Crippen LogP contribution in [-0.2, 0) is 4.74 Å². The maximum atomic E-state index is 14.1. The highest BCUT2D eigenvalue weighted by molar-refractivity contribution is 5.96. The van der Waals surface area contributed by atoms with Gasteiger partial charge in [-0.25, -0.2) is 9.18 Å². The molecule has 1 unspecified atom stereocenters. The van der Waals surface area contributed by atoms with E-state index in [1.54, 1.807) is 32.2 Å². The van der Waals surface area contributed by atoms with E-state index in [4.69, 9.17) is 19.3 Å². The molecule has 0 saturated heterocycles. The van der Waals surface area contributed by atoms with Gasteiger partial charge in [-0.1, -0.05) is 6.07 Å². The number of nitrogens with one attached hydrogen (secondary N) is 1. The van der Waals surface area contributed by atoms with Gasteiger partial charge in [0.15, 0.2) is 11.5 Å². The molecule has 2 rings (SSSR count). The predicted octanol–water partition coefficient (Wildman–Crippen LogP) is 3.05. The van der Waals surface area contributed by atoms with E-state index >= 15 is 0 Å². The van der Waals surface area contributed by atoms with Gasteiger partial charge in [0.25, 0.3) is 5.91 Å². The van der Waals surface area contributed by atoms with Crippen LogP contribution in [-0.4, -0.2) is 44.4 Å². The van der Waals surface area contributed by atoms with Gasteiger partial charge >= 0.3 is 5.97 Å². The van der Waals surface area contributed by atoms with Crippen LogP contribution in [0.4, 0.5) is 4.39 Å². The lowest BCUT2D eigenvalue weighted by molar-refractivity contribution is 0.0695. The highest BCUT2D eigenvalue weighted by Crippen LogP contribution is 2.30. The minimum atomic E-state index is -1.26. The molecule has 0 aliphatic carbocycles. The van der Waals surface area contributed by atoms with Gasteiger partial charge in [-0.15, -0.1) is 0 Å². The van der Waals surface area contributed by atoms with Gasteiger partial charge < -0.3 is 24.6 Å². The second kappa shape index (κ2) is 9.70. The fourth-order valence-corrected chi connectivity index (χ4v) is 2.50. The number of hydrogen-bond acceptors (Lipinski definition) is 5. The van der Waals surface area contributed by atoms with Gasteiger partial charge in [-0.05, 0) is 42.8 Å². The van der Waals surface area contributed by atoms with E-state index in [1.807, 2.05) is 0 Å². The van der Waals surface area contributed by atoms with Crippen LogP contribution in [0.5, 0.6) is 11.5 Å². The molecule has 28 heavy (non-hydrogen) atoms. The van der Waals surface area contributed by atoms with E-state index in [1.165, 1.54) is 13.2 Å². The summed E-state index contributed by atoms with van der Waals surface area (Å²) in [5.74, 6) is -1.78. The third-order valence-electron chi connectivity index (χ3n) is 4.04. The van der Waals surface area contributed by atoms with Crippen LogP contribution in [0.2, 0.25) is 0 Å². The Hall–Kier alpha value is -3.13. The van der Waals surface area contributed by atoms with E-state index in [0.717, 1.165) is 17.7 Å². The number of halogens is 1. The summed E-state index contributed by atoms with van der Waals surface area (Å²) in [6, 6.07) is 7.89. The topological polar surface area (TPSA) is 94.1 Å². The lowest BCUT2D eigenvalue weighted by Gasteiger charge is -2.17. The third-order valence-corrected chi connectivity index (χ3v) is 4.04. The molecule has 0 aliphatic heterocycles. The summed E-state index contributed by atoms with van der Waals surface area (Å²) in [5.41, 5.74) is 0.270. The zero-order chi connectivity index (χ0) is 20.7. The summed E-state index contributed by atoms with van der Waals surface area (Å²) >= 11 is 0. The Morgan fingerprint density at radius 3 is 2.46 bits per heavy atom. The lowest BCUT2D eigenvalue weighted by Crippen LogP contribution is -2.27. The molecule has 0 spiro atoms.